The number of aromatic nitrogens is 3. The lowest BCUT2D eigenvalue weighted by molar-refractivity contribution is -0.119. The Balaban J connectivity index is 1.99. The Hall–Kier alpha value is -2.96. The predicted molar refractivity (Wildman–Crippen MR) is 94.7 cm³/mol. The van der Waals surface area contributed by atoms with Gasteiger partial charge in [-0.05, 0) is 36.2 Å². The van der Waals surface area contributed by atoms with Crippen LogP contribution in [0.25, 0.3) is 11.6 Å². The summed E-state index contributed by atoms with van der Waals surface area (Å²) in [7, 11) is 0. The van der Waals surface area contributed by atoms with Crippen molar-refractivity contribution in [3.05, 3.63) is 59.9 Å². The van der Waals surface area contributed by atoms with Crippen LogP contribution in [0.3, 0.4) is 0 Å². The first-order valence-corrected chi connectivity index (χ1v) is 8.57. The van der Waals surface area contributed by atoms with Crippen LogP contribution in [0.4, 0.5) is 4.39 Å². The minimum absolute atomic E-state index is 0.126. The molecule has 0 radical (unpaired) electrons. The Kier molecular flexibility index (Phi) is 5.46. The summed E-state index contributed by atoms with van der Waals surface area (Å²) in [5, 5.41) is 7.49. The Morgan fingerprint density at radius 3 is 2.69 bits per heavy atom. The molecule has 0 bridgehead atoms. The number of hydrogen-bond acceptors (Lipinski definition) is 4. The molecule has 1 atom stereocenters. The predicted octanol–water partition coefficient (Wildman–Crippen LogP) is 3.70. The summed E-state index contributed by atoms with van der Waals surface area (Å²) in [6.07, 6.45) is 3.18. The van der Waals surface area contributed by atoms with Gasteiger partial charge in [0.2, 0.25) is 11.7 Å². The van der Waals surface area contributed by atoms with Crippen molar-refractivity contribution >= 4 is 5.91 Å². The number of carbonyl (C=O) groups is 1. The van der Waals surface area contributed by atoms with Crippen molar-refractivity contribution in [3.63, 3.8) is 0 Å². The molecule has 3 rings (SSSR count). The van der Waals surface area contributed by atoms with E-state index in [4.69, 9.17) is 4.42 Å². The van der Waals surface area contributed by atoms with Crippen LogP contribution in [0.5, 0.6) is 0 Å². The van der Waals surface area contributed by atoms with Gasteiger partial charge in [-0.3, -0.25) is 4.79 Å². The van der Waals surface area contributed by atoms with Crippen LogP contribution >= 0.6 is 0 Å². The lowest BCUT2D eigenvalue weighted by Gasteiger charge is -2.17. The molecular formula is C19H21FN4O2. The molecule has 0 fully saturated rings. The zero-order chi connectivity index (χ0) is 18.5. The molecule has 0 aliphatic carbocycles. The number of amides is 1. The molecule has 0 saturated carbocycles. The Labute approximate surface area is 151 Å². The van der Waals surface area contributed by atoms with Gasteiger partial charge in [-0.1, -0.05) is 25.5 Å². The van der Waals surface area contributed by atoms with E-state index < -0.39 is 0 Å². The van der Waals surface area contributed by atoms with Crippen LogP contribution in [0.1, 0.15) is 44.1 Å². The summed E-state index contributed by atoms with van der Waals surface area (Å²) in [6.45, 7) is 3.95. The molecule has 1 amide bonds. The molecule has 0 aliphatic heterocycles. The van der Waals surface area contributed by atoms with Gasteiger partial charge < -0.3 is 9.73 Å². The van der Waals surface area contributed by atoms with Gasteiger partial charge in [0.15, 0.2) is 11.6 Å². The fraction of sp³-hybridized carbons (Fsp3) is 0.316. The van der Waals surface area contributed by atoms with Crippen molar-refractivity contribution in [1.82, 2.24) is 20.1 Å². The maximum atomic E-state index is 13.2. The van der Waals surface area contributed by atoms with Crippen molar-refractivity contribution in [2.75, 3.05) is 0 Å². The van der Waals surface area contributed by atoms with Crippen LogP contribution in [-0.4, -0.2) is 20.7 Å². The number of hydrogen-bond donors (Lipinski definition) is 1. The smallest absolute Gasteiger partial charge is 0.217 e. The van der Waals surface area contributed by atoms with Crippen LogP contribution in [0.15, 0.2) is 47.1 Å². The summed E-state index contributed by atoms with van der Waals surface area (Å²) in [5.74, 6) is 1.25. The molecule has 3 aromatic rings. The van der Waals surface area contributed by atoms with Gasteiger partial charge in [0.25, 0.3) is 0 Å². The zero-order valence-corrected chi connectivity index (χ0v) is 14.8. The summed E-state index contributed by atoms with van der Waals surface area (Å²) in [4.78, 5) is 16.2. The maximum Gasteiger partial charge on any atom is 0.217 e. The van der Waals surface area contributed by atoms with E-state index >= 15 is 0 Å². The first-order valence-electron chi connectivity index (χ1n) is 8.57. The van der Waals surface area contributed by atoms with Gasteiger partial charge >= 0.3 is 0 Å². The molecular weight excluding hydrogens is 335 g/mol. The highest BCUT2D eigenvalue weighted by Gasteiger charge is 2.22. The second-order valence-electron chi connectivity index (χ2n) is 6.10. The Morgan fingerprint density at radius 2 is 2.08 bits per heavy atom. The number of carbonyl (C=O) groups excluding carboxylic acids is 1. The average Bonchev–Trinajstić information content (AvgIpc) is 3.26. The van der Waals surface area contributed by atoms with E-state index in [1.165, 1.54) is 19.1 Å². The number of rotatable bonds is 7. The van der Waals surface area contributed by atoms with Crippen molar-refractivity contribution in [3.8, 4) is 11.6 Å². The fourth-order valence-corrected chi connectivity index (χ4v) is 2.80. The number of nitrogens with one attached hydrogen (secondary N) is 1. The van der Waals surface area contributed by atoms with Gasteiger partial charge in [0.1, 0.15) is 5.82 Å². The zero-order valence-electron chi connectivity index (χ0n) is 14.8. The van der Waals surface area contributed by atoms with Gasteiger partial charge in [-0.15, -0.1) is 5.10 Å². The third-order valence-electron chi connectivity index (χ3n) is 3.95. The van der Waals surface area contributed by atoms with E-state index in [1.54, 1.807) is 35.2 Å². The third-order valence-corrected chi connectivity index (χ3v) is 3.95. The van der Waals surface area contributed by atoms with E-state index in [0.717, 1.165) is 18.4 Å². The van der Waals surface area contributed by atoms with Gasteiger partial charge in [-0.2, -0.15) is 0 Å². The topological polar surface area (TPSA) is 73.0 Å². The number of nitrogens with zero attached hydrogens (tertiary/aromatic N) is 3. The number of halogens is 1. The molecule has 2 aromatic heterocycles. The van der Waals surface area contributed by atoms with Crippen LogP contribution in [0, 0.1) is 5.82 Å². The molecule has 0 spiro atoms. The van der Waals surface area contributed by atoms with E-state index in [9.17, 15) is 9.18 Å². The molecule has 7 heteroatoms. The monoisotopic (exact) mass is 356 g/mol. The minimum atomic E-state index is -0.286. The van der Waals surface area contributed by atoms with E-state index in [-0.39, 0.29) is 17.8 Å². The van der Waals surface area contributed by atoms with Gasteiger partial charge in [0.05, 0.1) is 18.8 Å². The molecule has 0 saturated heterocycles. The third kappa shape index (κ3) is 4.17. The van der Waals surface area contributed by atoms with Gasteiger partial charge in [-0.25, -0.2) is 14.1 Å². The molecule has 26 heavy (non-hydrogen) atoms. The highest BCUT2D eigenvalue weighted by Crippen LogP contribution is 2.23. The summed E-state index contributed by atoms with van der Waals surface area (Å²) in [6, 6.07) is 9.55. The maximum absolute atomic E-state index is 13.2. The quantitative estimate of drug-likeness (QED) is 0.700. The van der Waals surface area contributed by atoms with Crippen LogP contribution in [-0.2, 0) is 11.3 Å². The highest BCUT2D eigenvalue weighted by atomic mass is 19.1. The van der Waals surface area contributed by atoms with Crippen molar-refractivity contribution < 1.29 is 13.6 Å². The Bertz CT molecular complexity index is 856. The summed E-state index contributed by atoms with van der Waals surface area (Å²) in [5.41, 5.74) is 0.890. The average molecular weight is 356 g/mol. The van der Waals surface area contributed by atoms with Crippen molar-refractivity contribution in [2.24, 2.45) is 0 Å². The highest BCUT2D eigenvalue weighted by molar-refractivity contribution is 5.73. The lowest BCUT2D eigenvalue weighted by atomic mass is 10.1. The largest absolute Gasteiger partial charge is 0.461 e. The normalized spacial score (nSPS) is 12.1. The minimum Gasteiger partial charge on any atom is -0.461 e. The molecule has 136 valence electrons. The number of benzene rings is 1. The van der Waals surface area contributed by atoms with E-state index in [1.807, 2.05) is 6.92 Å². The number of furan rings is 1. The lowest BCUT2D eigenvalue weighted by Crippen LogP contribution is -2.28. The first-order chi connectivity index (χ1) is 12.6. The Morgan fingerprint density at radius 1 is 1.31 bits per heavy atom. The van der Waals surface area contributed by atoms with Crippen LogP contribution in [0.2, 0.25) is 0 Å². The SMILES string of the molecule is CCC[C@@H](NC(C)=O)c1nc(-c2ccco2)nn1Cc1ccc(F)cc1. The van der Waals surface area contributed by atoms with E-state index in [2.05, 4.69) is 15.4 Å². The second-order valence-corrected chi connectivity index (χ2v) is 6.10. The van der Waals surface area contributed by atoms with Gasteiger partial charge in [0, 0.05) is 6.92 Å². The van der Waals surface area contributed by atoms with Crippen LogP contribution < -0.4 is 5.32 Å². The molecule has 6 nitrogen and oxygen atoms in total. The standard InChI is InChI=1S/C19H21FN4O2/c1-3-5-16(21-13(2)25)19-22-18(17-6-4-11-26-17)23-24(19)12-14-7-9-15(20)10-8-14/h4,6-11,16H,3,5,12H2,1-2H3,(H,21,25)/t16-/m1/s1. The molecule has 1 N–H and O–H groups in total. The van der Waals surface area contributed by atoms with E-state index in [0.29, 0.717) is 24.0 Å². The molecule has 0 aliphatic rings. The summed E-state index contributed by atoms with van der Waals surface area (Å²) >= 11 is 0. The molecule has 1 aromatic carbocycles. The first kappa shape index (κ1) is 17.8. The fourth-order valence-electron chi connectivity index (χ4n) is 2.80. The second kappa shape index (κ2) is 7.95. The molecule has 0 unspecified atom stereocenters. The molecule has 2 heterocycles. The van der Waals surface area contributed by atoms with Crippen molar-refractivity contribution in [2.45, 2.75) is 39.3 Å². The summed E-state index contributed by atoms with van der Waals surface area (Å²) < 4.78 is 20.3. The van der Waals surface area contributed by atoms with Crippen molar-refractivity contribution in [1.29, 1.82) is 0 Å².